The lowest BCUT2D eigenvalue weighted by Crippen LogP contribution is -2.34. The number of aromatic hydroxyl groups is 1. The Bertz CT molecular complexity index is 1090. The number of benzene rings is 1. The highest BCUT2D eigenvalue weighted by Crippen LogP contribution is 2.36. The van der Waals surface area contributed by atoms with Gasteiger partial charge in [0.25, 0.3) is 0 Å². The van der Waals surface area contributed by atoms with E-state index in [0.29, 0.717) is 34.9 Å². The smallest absolute Gasteiger partial charge is 0.338 e. The summed E-state index contributed by atoms with van der Waals surface area (Å²) < 4.78 is 16.2. The van der Waals surface area contributed by atoms with Gasteiger partial charge >= 0.3 is 5.97 Å². The second kappa shape index (κ2) is 11.9. The number of nitrogens with zero attached hydrogens (tertiary/aromatic N) is 2. The molecule has 2 aromatic rings. The van der Waals surface area contributed by atoms with Gasteiger partial charge in [0.15, 0.2) is 5.82 Å². The van der Waals surface area contributed by atoms with E-state index in [1.807, 2.05) is 0 Å². The monoisotopic (exact) mass is 506 g/mol. The first-order valence-corrected chi connectivity index (χ1v) is 12.3. The average Bonchev–Trinajstić information content (AvgIpc) is 3.25. The SMILES string of the molecule is COc1cc(O)c2c(c1C)C(=O)OC[C@@H](CNC(C)=O)CCC(=O)N[C@H](c1nc(C)no1)CSC2. The van der Waals surface area contributed by atoms with E-state index in [1.165, 1.54) is 31.9 Å². The van der Waals surface area contributed by atoms with Gasteiger partial charge in [-0.25, -0.2) is 4.79 Å². The summed E-state index contributed by atoms with van der Waals surface area (Å²) in [4.78, 5) is 41.5. The van der Waals surface area contributed by atoms with E-state index in [4.69, 9.17) is 14.0 Å². The number of aromatic nitrogens is 2. The van der Waals surface area contributed by atoms with E-state index >= 15 is 0 Å². The first-order chi connectivity index (χ1) is 16.7. The molecule has 1 aromatic heterocycles. The number of hydrogen-bond acceptors (Lipinski definition) is 10. The van der Waals surface area contributed by atoms with E-state index in [1.54, 1.807) is 13.8 Å². The van der Waals surface area contributed by atoms with Gasteiger partial charge in [-0.3, -0.25) is 9.59 Å². The molecule has 0 saturated heterocycles. The minimum absolute atomic E-state index is 0.0112. The van der Waals surface area contributed by atoms with Crippen molar-refractivity contribution in [1.82, 2.24) is 20.8 Å². The van der Waals surface area contributed by atoms with E-state index < -0.39 is 12.0 Å². The molecular weight excluding hydrogens is 476 g/mol. The number of hydrogen-bond donors (Lipinski definition) is 3. The fraction of sp³-hybridized carbons (Fsp3) is 0.522. The van der Waals surface area contributed by atoms with Crippen molar-refractivity contribution in [1.29, 1.82) is 0 Å². The Hall–Kier alpha value is -3.28. The number of fused-ring (bicyclic) bond motifs is 1. The molecule has 190 valence electrons. The summed E-state index contributed by atoms with van der Waals surface area (Å²) in [6.45, 7) is 5.04. The van der Waals surface area contributed by atoms with Crippen LogP contribution in [0.3, 0.4) is 0 Å². The quantitative estimate of drug-likeness (QED) is 0.526. The zero-order chi connectivity index (χ0) is 25.5. The summed E-state index contributed by atoms with van der Waals surface area (Å²) in [6, 6.07) is 0.910. The molecule has 11 nitrogen and oxygen atoms in total. The van der Waals surface area contributed by atoms with Gasteiger partial charge in [-0.15, -0.1) is 0 Å². The number of carbonyl (C=O) groups excluding carboxylic acids is 3. The van der Waals surface area contributed by atoms with Crippen LogP contribution in [0.4, 0.5) is 0 Å². The van der Waals surface area contributed by atoms with Gasteiger partial charge in [-0.05, 0) is 20.3 Å². The van der Waals surface area contributed by atoms with Crippen LogP contribution in [0.2, 0.25) is 0 Å². The molecule has 1 aliphatic heterocycles. The summed E-state index contributed by atoms with van der Waals surface area (Å²) in [5.74, 6) is 0.267. The Morgan fingerprint density at radius 2 is 2.14 bits per heavy atom. The molecule has 35 heavy (non-hydrogen) atoms. The molecule has 1 aromatic carbocycles. The zero-order valence-corrected chi connectivity index (χ0v) is 21.0. The highest BCUT2D eigenvalue weighted by atomic mass is 32.2. The number of cyclic esters (lactones) is 1. The third kappa shape index (κ3) is 6.87. The average molecular weight is 507 g/mol. The standard InChI is InChI=1S/C23H30N4O7S/c1-12-19(32-4)7-18(29)16-10-35-11-17(22-25-13(2)27-34-22)26-20(30)6-5-15(8-24-14(3)28)9-33-23(31)21(12)16/h7,15,17,29H,5-6,8-11H2,1-4H3,(H,24,28)(H,26,30)/t15-,17+/m1/s1. The highest BCUT2D eigenvalue weighted by molar-refractivity contribution is 7.98. The van der Waals surface area contributed by atoms with Crippen LogP contribution in [0.25, 0.3) is 0 Å². The molecule has 2 atom stereocenters. The maximum atomic E-state index is 13.2. The molecule has 0 spiro atoms. The van der Waals surface area contributed by atoms with Crippen molar-refractivity contribution < 1.29 is 33.5 Å². The molecule has 0 unspecified atom stereocenters. The largest absolute Gasteiger partial charge is 0.507 e. The third-order valence-electron chi connectivity index (χ3n) is 5.62. The Morgan fingerprint density at radius 3 is 2.80 bits per heavy atom. The summed E-state index contributed by atoms with van der Waals surface area (Å²) >= 11 is 1.39. The molecule has 0 bridgehead atoms. The molecule has 12 heteroatoms. The first-order valence-electron chi connectivity index (χ1n) is 11.2. The van der Waals surface area contributed by atoms with E-state index in [0.717, 1.165) is 0 Å². The molecule has 3 rings (SSSR count). The van der Waals surface area contributed by atoms with E-state index in [9.17, 15) is 19.5 Å². The van der Waals surface area contributed by atoms with Gasteiger partial charge in [0.2, 0.25) is 17.7 Å². The molecule has 0 radical (unpaired) electrons. The van der Waals surface area contributed by atoms with Crippen LogP contribution in [-0.2, 0) is 20.1 Å². The number of phenolic OH excluding ortho intramolecular Hbond substituents is 1. The Labute approximate surface area is 207 Å². The van der Waals surface area contributed by atoms with Crippen LogP contribution >= 0.6 is 11.8 Å². The predicted octanol–water partition coefficient (Wildman–Crippen LogP) is 2.19. The maximum absolute atomic E-state index is 13.2. The van der Waals surface area contributed by atoms with Crippen molar-refractivity contribution in [2.75, 3.05) is 26.0 Å². The van der Waals surface area contributed by atoms with Crippen molar-refractivity contribution in [3.05, 3.63) is 34.5 Å². The fourth-order valence-electron chi connectivity index (χ4n) is 3.74. The minimum Gasteiger partial charge on any atom is -0.507 e. The fourth-order valence-corrected chi connectivity index (χ4v) is 4.82. The van der Waals surface area contributed by atoms with Crippen LogP contribution in [0.15, 0.2) is 10.6 Å². The topological polar surface area (TPSA) is 153 Å². The lowest BCUT2D eigenvalue weighted by molar-refractivity contribution is -0.122. The predicted molar refractivity (Wildman–Crippen MR) is 127 cm³/mol. The summed E-state index contributed by atoms with van der Waals surface area (Å²) in [6.07, 6.45) is 0.525. The molecule has 0 fully saturated rings. The lowest BCUT2D eigenvalue weighted by atomic mass is 10.00. The summed E-state index contributed by atoms with van der Waals surface area (Å²) in [5, 5.41) is 20.1. The Balaban J connectivity index is 1.95. The Kier molecular flexibility index (Phi) is 8.96. The van der Waals surface area contributed by atoms with Gasteiger partial charge in [-0.2, -0.15) is 16.7 Å². The normalized spacial score (nSPS) is 19.7. The number of ether oxygens (including phenoxy) is 2. The Morgan fingerprint density at radius 1 is 1.37 bits per heavy atom. The number of nitrogens with one attached hydrogen (secondary N) is 2. The van der Waals surface area contributed by atoms with Crippen molar-refractivity contribution in [3.8, 4) is 11.5 Å². The van der Waals surface area contributed by atoms with Gasteiger partial charge in [0.1, 0.15) is 17.5 Å². The number of esters is 1. The number of rotatable bonds is 4. The molecule has 0 saturated carbocycles. The van der Waals surface area contributed by atoms with Crippen LogP contribution in [-0.4, -0.2) is 59.0 Å². The van der Waals surface area contributed by atoms with Gasteiger partial charge in [-0.1, -0.05) is 5.16 Å². The maximum Gasteiger partial charge on any atom is 0.338 e. The van der Waals surface area contributed by atoms with Crippen LogP contribution < -0.4 is 15.4 Å². The summed E-state index contributed by atoms with van der Waals surface area (Å²) in [5.41, 5.74) is 1.19. The van der Waals surface area contributed by atoms with Gasteiger partial charge in [0.05, 0.1) is 19.3 Å². The number of amides is 2. The molecule has 2 heterocycles. The van der Waals surface area contributed by atoms with Crippen molar-refractivity contribution in [2.24, 2.45) is 5.92 Å². The first kappa shape index (κ1) is 26.3. The van der Waals surface area contributed by atoms with E-state index in [2.05, 4.69) is 20.8 Å². The number of aryl methyl sites for hydroxylation is 1. The number of methoxy groups -OCH3 is 1. The van der Waals surface area contributed by atoms with Crippen molar-refractivity contribution in [2.45, 2.75) is 45.4 Å². The number of thioether (sulfide) groups is 1. The van der Waals surface area contributed by atoms with Crippen LogP contribution in [0, 0.1) is 19.8 Å². The zero-order valence-electron chi connectivity index (χ0n) is 20.2. The molecule has 2 amide bonds. The number of carbonyl (C=O) groups is 3. The van der Waals surface area contributed by atoms with Gasteiger partial charge < -0.3 is 29.7 Å². The van der Waals surface area contributed by atoms with Crippen LogP contribution in [0.5, 0.6) is 11.5 Å². The summed E-state index contributed by atoms with van der Waals surface area (Å²) in [7, 11) is 1.46. The molecule has 3 N–H and O–H groups in total. The van der Waals surface area contributed by atoms with Crippen LogP contribution in [0.1, 0.15) is 59.0 Å². The second-order valence-corrected chi connectivity index (χ2v) is 9.36. The van der Waals surface area contributed by atoms with Crippen molar-refractivity contribution >= 4 is 29.5 Å². The van der Waals surface area contributed by atoms with Crippen molar-refractivity contribution in [3.63, 3.8) is 0 Å². The van der Waals surface area contributed by atoms with E-state index in [-0.39, 0.29) is 60.3 Å². The number of phenols is 1. The molecule has 1 aliphatic rings. The highest BCUT2D eigenvalue weighted by Gasteiger charge is 2.27. The molecule has 0 aliphatic carbocycles. The minimum atomic E-state index is -0.606. The van der Waals surface area contributed by atoms with Gasteiger partial charge in [0, 0.05) is 54.5 Å². The second-order valence-electron chi connectivity index (χ2n) is 8.33. The molecular formula is C23H30N4O7S. The lowest BCUT2D eigenvalue weighted by Gasteiger charge is -2.22. The third-order valence-corrected chi connectivity index (χ3v) is 6.69.